The Balaban J connectivity index is 0.843. The van der Waals surface area contributed by atoms with E-state index in [4.69, 9.17) is 9.47 Å². The fraction of sp³-hybridized carbons (Fsp3) is 0.0192. The molecule has 0 aromatic heterocycles. The van der Waals surface area contributed by atoms with Gasteiger partial charge in [0.1, 0.15) is 23.0 Å². The average molecular weight is 1390 g/mol. The van der Waals surface area contributed by atoms with Crippen LogP contribution in [0.5, 0.6) is 23.0 Å². The number of hydrogen-bond donors (Lipinski definition) is 0. The van der Waals surface area contributed by atoms with Gasteiger partial charge in [-0.25, -0.2) is 0 Å². The molecule has 0 unspecified atom stereocenters. The highest BCUT2D eigenvalue weighted by Gasteiger charge is 2.59. The quantitative estimate of drug-likeness (QED) is 0.155. The molecule has 17 aromatic carbocycles. The minimum atomic E-state index is -0.710. The van der Waals surface area contributed by atoms with Crippen LogP contribution in [0.4, 0.5) is 34.1 Å². The zero-order chi connectivity index (χ0) is 71.7. The fourth-order valence-electron chi connectivity index (χ4n) is 21.4. The number of rotatable bonds is 6. The summed E-state index contributed by atoms with van der Waals surface area (Å²) in [5.41, 5.74) is 40.6. The van der Waals surface area contributed by atoms with E-state index in [2.05, 4.69) is 386 Å². The largest absolute Gasteiger partial charge is 0.458 e. The van der Waals surface area contributed by atoms with Crippen LogP contribution in [-0.4, -0.2) is 13.4 Å². The van der Waals surface area contributed by atoms with Crippen LogP contribution in [0.2, 0.25) is 0 Å². The molecule has 0 bridgehead atoms. The van der Waals surface area contributed by atoms with E-state index in [0.29, 0.717) is 0 Å². The van der Waals surface area contributed by atoms with Gasteiger partial charge in [-0.2, -0.15) is 0 Å². The summed E-state index contributed by atoms with van der Waals surface area (Å²) in [6.07, 6.45) is 0. The van der Waals surface area contributed by atoms with E-state index in [-0.39, 0.29) is 13.4 Å². The highest BCUT2D eigenvalue weighted by Crippen LogP contribution is 2.68. The minimum Gasteiger partial charge on any atom is -0.458 e. The van der Waals surface area contributed by atoms with E-state index in [1.807, 2.05) is 0 Å². The molecule has 0 radical (unpaired) electrons. The van der Waals surface area contributed by atoms with Gasteiger partial charge in [-0.15, -0.1) is 0 Å². The first-order valence-corrected chi connectivity index (χ1v) is 38.4. The van der Waals surface area contributed by atoms with E-state index < -0.39 is 10.8 Å². The maximum Gasteiger partial charge on any atom is 0.256 e. The molecule has 0 N–H and O–H groups in total. The molecule has 0 amide bonds. The highest BCUT2D eigenvalue weighted by molar-refractivity contribution is 7.02. The maximum atomic E-state index is 8.32. The second-order valence-corrected chi connectivity index (χ2v) is 30.6. The molecule has 4 heterocycles. The summed E-state index contributed by atoms with van der Waals surface area (Å²) in [5.74, 6) is 3.51. The Labute approximate surface area is 638 Å². The minimum absolute atomic E-state index is 0.332. The van der Waals surface area contributed by atoms with E-state index in [1.165, 1.54) is 99.9 Å². The van der Waals surface area contributed by atoms with Crippen molar-refractivity contribution in [1.82, 2.24) is 0 Å². The van der Waals surface area contributed by atoms with Gasteiger partial charge < -0.3 is 19.3 Å². The third-order valence-electron chi connectivity index (χ3n) is 25.6. The van der Waals surface area contributed by atoms with Gasteiger partial charge in [-0.3, -0.25) is 0 Å². The zero-order valence-electron chi connectivity index (χ0n) is 59.7. The van der Waals surface area contributed by atoms with Gasteiger partial charge in [0.2, 0.25) is 0 Å². The summed E-state index contributed by atoms with van der Waals surface area (Å²) in [6.45, 7) is -0.691. The second-order valence-electron chi connectivity index (χ2n) is 30.6. The Morgan fingerprint density at radius 1 is 0.218 bits per heavy atom. The lowest BCUT2D eigenvalue weighted by molar-refractivity contribution is 0.476. The summed E-state index contributed by atoms with van der Waals surface area (Å²) < 4.78 is 16.5. The van der Waals surface area contributed by atoms with Crippen molar-refractivity contribution in [3.63, 3.8) is 0 Å². The van der Waals surface area contributed by atoms with E-state index in [9.17, 15) is 0 Å². The van der Waals surface area contributed by atoms with Crippen LogP contribution in [0.15, 0.2) is 376 Å². The van der Waals surface area contributed by atoms with Crippen molar-refractivity contribution in [2.24, 2.45) is 0 Å². The lowest BCUT2D eigenvalue weighted by Gasteiger charge is -2.46. The van der Waals surface area contributed by atoms with Crippen molar-refractivity contribution < 1.29 is 9.47 Å². The van der Waals surface area contributed by atoms with Crippen LogP contribution in [0.1, 0.15) is 44.5 Å². The first-order valence-electron chi connectivity index (χ1n) is 38.4. The summed E-state index contributed by atoms with van der Waals surface area (Å²) >= 11 is 0. The Morgan fingerprint density at radius 2 is 0.536 bits per heavy atom. The molecule has 4 nitrogen and oxygen atoms in total. The molecule has 110 heavy (non-hydrogen) atoms. The Bertz CT molecular complexity index is 6690. The number of fused-ring (bicyclic) bond motifs is 30. The van der Waals surface area contributed by atoms with Crippen LogP contribution in [-0.2, 0) is 10.8 Å². The lowest BCUT2D eigenvalue weighted by atomic mass is 9.30. The molecule has 6 heteroatoms. The number of para-hydroxylation sites is 2. The topological polar surface area (TPSA) is 24.9 Å². The van der Waals surface area contributed by atoms with Gasteiger partial charge in [-0.05, 0) is 187 Å². The fourth-order valence-corrected chi connectivity index (χ4v) is 21.4. The molecule has 0 atom stereocenters. The van der Waals surface area contributed by atoms with Crippen molar-refractivity contribution >= 4 is 80.3 Å². The van der Waals surface area contributed by atoms with Crippen LogP contribution in [0, 0.1) is 0 Å². The standard InChI is InChI=1S/C104H62B2N2O2/c1-6-29-63(30-7-1)67-57-92-98-94(59-67)109-101-86(55-53-78-76-43-20-26-51-84(76)103(96(78)101)80-47-22-16-39-72(80)73-40-17-23-48-81(73)103)105(98)88-61-89-91(62-90(88)107(92)69-37-14-5-15-38-69)108(100-70(65-33-10-3-11-34-65)45-28-46-71(100)66-35-12-4-13-36-66)93-58-68(64-31-8-2-9-32-64)60-95-99(93)106(89)87-56-54-79-77-44-21-27-52-85(77)104(97(79)102(87)110-95)82-49-24-18-41-74(82)75-42-19-25-50-83(75)104/h1-62H. The van der Waals surface area contributed by atoms with E-state index >= 15 is 0 Å². The SMILES string of the molecule is c1ccc(-c2cc3c4c(c2)N(c2ccccc2)c2cc5c(cc2B4c2ccc4c(c2O3)C2(c3ccccc3-c3ccccc32)c2ccccc2-4)B2c3ccc4c(c3Oc3cc(-c6ccccc6)cc(c32)N5c2c(-c3ccccc3)cccc2-c2ccccc2)C2(c3ccccc3-c3ccccc32)c2ccccc2-4)cc1. The van der Waals surface area contributed by atoms with Gasteiger partial charge in [-0.1, -0.05) is 334 Å². The van der Waals surface area contributed by atoms with Crippen molar-refractivity contribution in [1.29, 1.82) is 0 Å². The first kappa shape index (κ1) is 60.2. The van der Waals surface area contributed by atoms with Crippen LogP contribution >= 0.6 is 0 Å². The molecule has 25 rings (SSSR count). The first-order chi connectivity index (χ1) is 54.6. The molecular weight excluding hydrogens is 1330 g/mol. The van der Waals surface area contributed by atoms with Gasteiger partial charge in [0.05, 0.1) is 16.5 Å². The second kappa shape index (κ2) is 22.3. The van der Waals surface area contributed by atoms with Crippen LogP contribution in [0.25, 0.3) is 89.0 Å². The molecule has 0 saturated carbocycles. The predicted octanol–water partition coefficient (Wildman–Crippen LogP) is 21.9. The molecule has 8 aliphatic rings. The Hall–Kier alpha value is -13.9. The normalized spacial score (nSPS) is 14.4. The molecule has 2 spiro atoms. The highest BCUT2D eigenvalue weighted by atomic mass is 16.5. The molecule has 0 fully saturated rings. The third kappa shape index (κ3) is 7.76. The summed E-state index contributed by atoms with van der Waals surface area (Å²) in [4.78, 5) is 5.23. The number of nitrogens with zero attached hydrogens (tertiary/aromatic N) is 2. The van der Waals surface area contributed by atoms with Gasteiger partial charge in [0.25, 0.3) is 13.4 Å². The van der Waals surface area contributed by atoms with Crippen LogP contribution in [0.3, 0.4) is 0 Å². The van der Waals surface area contributed by atoms with Crippen molar-refractivity contribution in [2.75, 3.05) is 9.80 Å². The third-order valence-corrected chi connectivity index (χ3v) is 25.6. The molecule has 4 aliphatic carbocycles. The maximum absolute atomic E-state index is 8.32. The molecule has 506 valence electrons. The average Bonchev–Trinajstić information content (AvgIpc) is 1.41. The Kier molecular flexibility index (Phi) is 12.2. The van der Waals surface area contributed by atoms with Crippen molar-refractivity contribution in [2.45, 2.75) is 10.8 Å². The molecule has 4 aliphatic heterocycles. The smallest absolute Gasteiger partial charge is 0.256 e. The number of hydrogen-bond acceptors (Lipinski definition) is 4. The molecule has 0 saturated heterocycles. The Morgan fingerprint density at radius 3 is 0.927 bits per heavy atom. The van der Waals surface area contributed by atoms with Crippen LogP contribution < -0.4 is 52.1 Å². The van der Waals surface area contributed by atoms with Gasteiger partial charge in [0.15, 0.2) is 0 Å². The monoisotopic (exact) mass is 1390 g/mol. The van der Waals surface area contributed by atoms with Crippen molar-refractivity contribution in [3.8, 4) is 112 Å². The summed E-state index contributed by atoms with van der Waals surface area (Å²) in [6, 6.07) is 142. The van der Waals surface area contributed by atoms with E-state index in [1.54, 1.807) is 0 Å². The lowest BCUT2D eigenvalue weighted by Crippen LogP contribution is -2.64. The molecule has 17 aromatic rings. The number of ether oxygens (including phenoxy) is 2. The summed E-state index contributed by atoms with van der Waals surface area (Å²) in [5, 5.41) is 0. The number of anilines is 6. The van der Waals surface area contributed by atoms with Gasteiger partial charge in [0, 0.05) is 50.7 Å². The van der Waals surface area contributed by atoms with Crippen molar-refractivity contribution in [3.05, 3.63) is 421 Å². The van der Waals surface area contributed by atoms with Gasteiger partial charge >= 0.3 is 0 Å². The molecular formula is C104H62B2N2O2. The number of benzene rings is 17. The van der Waals surface area contributed by atoms with E-state index in [0.717, 1.165) is 123 Å². The zero-order valence-corrected chi connectivity index (χ0v) is 59.7. The predicted molar refractivity (Wildman–Crippen MR) is 452 cm³/mol. The summed E-state index contributed by atoms with van der Waals surface area (Å²) in [7, 11) is 0.